The molecule has 26 heavy (non-hydrogen) atoms. The molecule has 1 amide bonds. The summed E-state index contributed by atoms with van der Waals surface area (Å²) in [5.74, 6) is 1.91. The molecule has 2 aromatic heterocycles. The first-order valence-electron chi connectivity index (χ1n) is 8.79. The molecule has 1 fully saturated rings. The first kappa shape index (κ1) is 16.9. The number of hydrogen-bond donors (Lipinski definition) is 1. The molecule has 2 aliphatic rings. The Balaban J connectivity index is 1.76. The van der Waals surface area contributed by atoms with E-state index in [0.29, 0.717) is 11.6 Å². The van der Waals surface area contributed by atoms with E-state index in [-0.39, 0.29) is 11.3 Å². The van der Waals surface area contributed by atoms with Crippen LogP contribution in [-0.4, -0.2) is 34.5 Å². The maximum Gasteiger partial charge on any atom is 0.222 e. The summed E-state index contributed by atoms with van der Waals surface area (Å²) in [6, 6.07) is 3.85. The number of fused-ring (bicyclic) bond motifs is 2. The number of ether oxygens (including phenoxy) is 1. The zero-order valence-corrected chi connectivity index (χ0v) is 15.5. The average molecular weight is 353 g/mol. The Morgan fingerprint density at radius 2 is 2.12 bits per heavy atom. The summed E-state index contributed by atoms with van der Waals surface area (Å²) >= 11 is 0. The van der Waals surface area contributed by atoms with Crippen molar-refractivity contribution in [2.24, 2.45) is 0 Å². The lowest BCUT2D eigenvalue weighted by molar-refractivity contribution is -0.114. The van der Waals surface area contributed by atoms with Gasteiger partial charge in [-0.05, 0) is 32.8 Å². The normalized spacial score (nSPS) is 17.3. The second kappa shape index (κ2) is 5.74. The Morgan fingerprint density at radius 3 is 2.77 bits per heavy atom. The zero-order valence-electron chi connectivity index (χ0n) is 15.5. The van der Waals surface area contributed by atoms with Crippen LogP contribution in [0.25, 0.3) is 0 Å². The van der Waals surface area contributed by atoms with Crippen LogP contribution in [0.5, 0.6) is 0 Å². The number of hydrogen-bond acceptors (Lipinski definition) is 6. The van der Waals surface area contributed by atoms with E-state index in [4.69, 9.17) is 9.72 Å². The highest BCUT2D eigenvalue weighted by atomic mass is 16.5. The van der Waals surface area contributed by atoms with E-state index in [1.807, 2.05) is 32.2 Å². The van der Waals surface area contributed by atoms with Crippen molar-refractivity contribution in [1.82, 2.24) is 15.0 Å². The predicted molar refractivity (Wildman–Crippen MR) is 98.5 cm³/mol. The highest BCUT2D eigenvalue weighted by Crippen LogP contribution is 2.57. The van der Waals surface area contributed by atoms with Crippen LogP contribution in [-0.2, 0) is 20.5 Å². The number of aromatic nitrogens is 3. The van der Waals surface area contributed by atoms with E-state index in [1.54, 1.807) is 13.3 Å². The van der Waals surface area contributed by atoms with Crippen LogP contribution in [0, 0.1) is 0 Å². The van der Waals surface area contributed by atoms with Crippen molar-refractivity contribution < 1.29 is 9.53 Å². The third-order valence-electron chi connectivity index (χ3n) is 5.33. The summed E-state index contributed by atoms with van der Waals surface area (Å²) in [5.41, 5.74) is 1.90. The van der Waals surface area contributed by atoms with Gasteiger partial charge in [0.1, 0.15) is 17.2 Å². The lowest BCUT2D eigenvalue weighted by Crippen LogP contribution is -2.25. The fourth-order valence-corrected chi connectivity index (χ4v) is 3.46. The SMILES string of the molecule is COC(C)(C)c1nccc(N2CC3(CC3)c3cnc(NC(C)=O)cc32)n1. The summed E-state index contributed by atoms with van der Waals surface area (Å²) in [5, 5.41) is 2.77. The van der Waals surface area contributed by atoms with Crippen LogP contribution in [0.4, 0.5) is 17.3 Å². The van der Waals surface area contributed by atoms with Crippen LogP contribution in [0.1, 0.15) is 45.0 Å². The van der Waals surface area contributed by atoms with Crippen molar-refractivity contribution in [3.63, 3.8) is 0 Å². The number of carbonyl (C=O) groups excluding carboxylic acids is 1. The summed E-state index contributed by atoms with van der Waals surface area (Å²) in [6.07, 6.45) is 5.97. The van der Waals surface area contributed by atoms with E-state index in [0.717, 1.165) is 30.9 Å². The second-order valence-electron chi connectivity index (χ2n) is 7.59. The van der Waals surface area contributed by atoms with Gasteiger partial charge < -0.3 is 15.0 Å². The quantitative estimate of drug-likeness (QED) is 0.910. The monoisotopic (exact) mass is 353 g/mol. The lowest BCUT2D eigenvalue weighted by atomic mass is 10.0. The molecular weight excluding hydrogens is 330 g/mol. The number of nitrogens with zero attached hydrogens (tertiary/aromatic N) is 4. The van der Waals surface area contributed by atoms with E-state index < -0.39 is 5.60 Å². The lowest BCUT2D eigenvalue weighted by Gasteiger charge is -2.24. The van der Waals surface area contributed by atoms with Crippen LogP contribution >= 0.6 is 0 Å². The number of amides is 1. The molecule has 1 spiro atoms. The van der Waals surface area contributed by atoms with Crippen molar-refractivity contribution in [3.05, 3.63) is 35.9 Å². The number of anilines is 3. The zero-order chi connectivity index (χ0) is 18.5. The molecule has 3 heterocycles. The molecule has 2 aromatic rings. The smallest absolute Gasteiger partial charge is 0.222 e. The molecule has 1 aliphatic carbocycles. The molecular formula is C19H23N5O2. The minimum atomic E-state index is -0.560. The molecule has 0 saturated heterocycles. The van der Waals surface area contributed by atoms with Crippen molar-refractivity contribution >= 4 is 23.2 Å². The van der Waals surface area contributed by atoms with Gasteiger partial charge in [0.2, 0.25) is 5.91 Å². The summed E-state index contributed by atoms with van der Waals surface area (Å²) in [4.78, 5) is 27.2. The molecule has 7 nitrogen and oxygen atoms in total. The molecule has 1 N–H and O–H groups in total. The van der Waals surface area contributed by atoms with Gasteiger partial charge in [-0.2, -0.15) is 0 Å². The fraction of sp³-hybridized carbons (Fsp3) is 0.474. The molecule has 0 aromatic carbocycles. The van der Waals surface area contributed by atoms with Crippen LogP contribution in [0.15, 0.2) is 24.5 Å². The van der Waals surface area contributed by atoms with Crippen LogP contribution in [0.2, 0.25) is 0 Å². The number of rotatable bonds is 4. The molecule has 0 radical (unpaired) electrons. The highest BCUT2D eigenvalue weighted by Gasteiger charge is 2.52. The van der Waals surface area contributed by atoms with Gasteiger partial charge in [-0.3, -0.25) is 4.79 Å². The summed E-state index contributed by atoms with van der Waals surface area (Å²) < 4.78 is 5.53. The minimum Gasteiger partial charge on any atom is -0.371 e. The average Bonchev–Trinajstić information content (AvgIpc) is 3.32. The Kier molecular flexibility index (Phi) is 3.73. The molecule has 7 heteroatoms. The Morgan fingerprint density at radius 1 is 1.35 bits per heavy atom. The Labute approximate surface area is 152 Å². The van der Waals surface area contributed by atoms with Crippen molar-refractivity contribution in [2.75, 3.05) is 23.9 Å². The van der Waals surface area contributed by atoms with Gasteiger partial charge in [-0.15, -0.1) is 0 Å². The molecule has 1 saturated carbocycles. The van der Waals surface area contributed by atoms with Gasteiger partial charge in [0, 0.05) is 50.0 Å². The second-order valence-corrected chi connectivity index (χ2v) is 7.59. The van der Waals surface area contributed by atoms with E-state index in [2.05, 4.69) is 20.2 Å². The van der Waals surface area contributed by atoms with Gasteiger partial charge in [0.05, 0.1) is 5.69 Å². The molecule has 136 valence electrons. The molecule has 4 rings (SSSR count). The van der Waals surface area contributed by atoms with E-state index in [9.17, 15) is 4.79 Å². The number of nitrogens with one attached hydrogen (secondary N) is 1. The number of pyridine rings is 1. The topological polar surface area (TPSA) is 80.2 Å². The molecule has 0 bridgehead atoms. The first-order valence-corrected chi connectivity index (χ1v) is 8.79. The largest absolute Gasteiger partial charge is 0.371 e. The van der Waals surface area contributed by atoms with Gasteiger partial charge in [-0.25, -0.2) is 15.0 Å². The first-order chi connectivity index (χ1) is 12.3. The third-order valence-corrected chi connectivity index (χ3v) is 5.33. The van der Waals surface area contributed by atoms with Crippen LogP contribution < -0.4 is 10.2 Å². The number of methoxy groups -OCH3 is 1. The maximum atomic E-state index is 11.4. The fourth-order valence-electron chi connectivity index (χ4n) is 3.46. The summed E-state index contributed by atoms with van der Waals surface area (Å²) in [7, 11) is 1.66. The van der Waals surface area contributed by atoms with Crippen molar-refractivity contribution in [2.45, 2.75) is 44.6 Å². The standard InChI is InChI=1S/C19H23N5O2/c1-12(25)22-15-9-14-13(10-21-15)19(6-7-19)11-24(14)16-5-8-20-17(23-16)18(2,3)26-4/h5,8-10H,6-7,11H2,1-4H3,(H,21,22,25). The molecule has 0 unspecified atom stereocenters. The maximum absolute atomic E-state index is 11.4. The van der Waals surface area contributed by atoms with Gasteiger partial charge >= 0.3 is 0 Å². The predicted octanol–water partition coefficient (Wildman–Crippen LogP) is 2.89. The van der Waals surface area contributed by atoms with Gasteiger partial charge in [-0.1, -0.05) is 0 Å². The minimum absolute atomic E-state index is 0.130. The molecule has 1 aliphatic heterocycles. The van der Waals surface area contributed by atoms with Gasteiger partial charge in [0.15, 0.2) is 5.82 Å². The highest BCUT2D eigenvalue weighted by molar-refractivity contribution is 5.89. The van der Waals surface area contributed by atoms with Crippen molar-refractivity contribution in [1.29, 1.82) is 0 Å². The van der Waals surface area contributed by atoms with E-state index >= 15 is 0 Å². The molecule has 0 atom stereocenters. The number of carbonyl (C=O) groups is 1. The Bertz CT molecular complexity index is 876. The third kappa shape index (κ3) is 2.72. The van der Waals surface area contributed by atoms with Gasteiger partial charge in [0.25, 0.3) is 0 Å². The van der Waals surface area contributed by atoms with Crippen molar-refractivity contribution in [3.8, 4) is 0 Å². The van der Waals surface area contributed by atoms with Crippen LogP contribution in [0.3, 0.4) is 0 Å². The Hall–Kier alpha value is -2.54. The summed E-state index contributed by atoms with van der Waals surface area (Å²) in [6.45, 7) is 6.26. The van der Waals surface area contributed by atoms with E-state index in [1.165, 1.54) is 12.5 Å².